The van der Waals surface area contributed by atoms with Crippen LogP contribution in [0.4, 0.5) is 0 Å². The topological polar surface area (TPSA) is 170 Å². The smallest absolute Gasteiger partial charge is 0.324 e. The van der Waals surface area contributed by atoms with Crippen LogP contribution in [0.2, 0.25) is 0 Å². The number of carboxylic acid groups (broad SMARTS) is 2. The molecule has 0 aromatic heterocycles. The van der Waals surface area contributed by atoms with Crippen molar-refractivity contribution in [3.63, 3.8) is 0 Å². The van der Waals surface area contributed by atoms with Gasteiger partial charge < -0.3 is 26.4 Å². The van der Waals surface area contributed by atoms with Crippen molar-refractivity contribution in [2.45, 2.75) is 37.5 Å². The molecule has 9 heteroatoms. The summed E-state index contributed by atoms with van der Waals surface area (Å²) in [6.07, 6.45) is -2.49. The molecular weight excluding hydrogens is 332 g/mol. The third-order valence-electron chi connectivity index (χ3n) is 3.33. The maximum atomic E-state index is 12.5. The molecule has 1 aromatic rings. The van der Waals surface area contributed by atoms with Crippen molar-refractivity contribution in [3.8, 4) is 0 Å². The quantitative estimate of drug-likeness (QED) is 0.417. The average Bonchev–Trinajstić information content (AvgIpc) is 2.56. The Balaban J connectivity index is 2.94. The lowest BCUT2D eigenvalue weighted by atomic mass is 9.97. The van der Waals surface area contributed by atoms with Crippen molar-refractivity contribution in [1.29, 1.82) is 0 Å². The van der Waals surface area contributed by atoms with Crippen LogP contribution < -0.4 is 11.5 Å². The zero-order valence-electron chi connectivity index (χ0n) is 13.3. The Labute approximate surface area is 143 Å². The van der Waals surface area contributed by atoms with Crippen molar-refractivity contribution >= 4 is 23.7 Å². The van der Waals surface area contributed by atoms with Gasteiger partial charge >= 0.3 is 17.9 Å². The van der Waals surface area contributed by atoms with E-state index in [1.54, 1.807) is 18.2 Å². The second-order valence-corrected chi connectivity index (χ2v) is 5.37. The van der Waals surface area contributed by atoms with Gasteiger partial charge in [-0.15, -0.1) is 0 Å². The first kappa shape index (κ1) is 20.3. The number of ether oxygens (including phenoxy) is 1. The third-order valence-corrected chi connectivity index (χ3v) is 3.33. The zero-order valence-corrected chi connectivity index (χ0v) is 13.3. The van der Waals surface area contributed by atoms with E-state index in [1.807, 2.05) is 0 Å². The number of nitrogens with two attached hydrogens (primary N) is 2. The van der Waals surface area contributed by atoms with Gasteiger partial charge in [0.1, 0.15) is 6.04 Å². The van der Waals surface area contributed by atoms with Crippen LogP contribution in [0.5, 0.6) is 0 Å². The van der Waals surface area contributed by atoms with Crippen LogP contribution in [0, 0.1) is 0 Å². The summed E-state index contributed by atoms with van der Waals surface area (Å²) in [6, 6.07) is 5.38. The number of aliphatic carboxylic acids is 2. The molecule has 0 amide bonds. The Morgan fingerprint density at radius 2 is 1.56 bits per heavy atom. The number of Topliss-reactive ketones (excluding diaryl/α,β-unsaturated/α-hetero) is 1. The maximum absolute atomic E-state index is 12.5. The highest BCUT2D eigenvalue weighted by molar-refractivity contribution is 5.92. The number of hydrogen-bond acceptors (Lipinski definition) is 7. The first-order chi connectivity index (χ1) is 11.7. The van der Waals surface area contributed by atoms with Crippen LogP contribution in [-0.2, 0) is 23.9 Å². The average molecular weight is 352 g/mol. The highest BCUT2D eigenvalue weighted by atomic mass is 16.5. The molecule has 1 unspecified atom stereocenters. The Kier molecular flexibility index (Phi) is 7.70. The van der Waals surface area contributed by atoms with E-state index in [9.17, 15) is 19.2 Å². The zero-order chi connectivity index (χ0) is 19.0. The van der Waals surface area contributed by atoms with Crippen LogP contribution in [0.25, 0.3) is 0 Å². The van der Waals surface area contributed by atoms with Crippen LogP contribution >= 0.6 is 0 Å². The minimum atomic E-state index is -1.44. The molecule has 0 radical (unpaired) electrons. The normalized spacial score (nSPS) is 14.2. The Hall–Kier alpha value is -2.78. The molecule has 0 saturated heterocycles. The first-order valence-electron chi connectivity index (χ1n) is 7.46. The number of benzene rings is 1. The Bertz CT molecular complexity index is 633. The van der Waals surface area contributed by atoms with Gasteiger partial charge in [-0.05, 0) is 6.42 Å². The lowest BCUT2D eigenvalue weighted by Crippen LogP contribution is -2.40. The van der Waals surface area contributed by atoms with Gasteiger partial charge in [0.05, 0.1) is 12.5 Å². The number of esters is 1. The summed E-state index contributed by atoms with van der Waals surface area (Å²) in [6.45, 7) is 0. The maximum Gasteiger partial charge on any atom is 0.324 e. The number of ketones is 1. The summed E-state index contributed by atoms with van der Waals surface area (Å²) in [5.74, 6) is -4.15. The van der Waals surface area contributed by atoms with E-state index >= 15 is 0 Å². The van der Waals surface area contributed by atoms with Crippen molar-refractivity contribution in [3.05, 3.63) is 35.9 Å². The van der Waals surface area contributed by atoms with Gasteiger partial charge in [0.15, 0.2) is 11.9 Å². The van der Waals surface area contributed by atoms with E-state index in [1.165, 1.54) is 12.1 Å². The summed E-state index contributed by atoms with van der Waals surface area (Å²) in [5, 5.41) is 17.4. The summed E-state index contributed by atoms with van der Waals surface area (Å²) in [4.78, 5) is 45.7. The fraction of sp³-hybridized carbons (Fsp3) is 0.375. The molecule has 136 valence electrons. The van der Waals surface area contributed by atoms with E-state index in [2.05, 4.69) is 0 Å². The van der Waals surface area contributed by atoms with E-state index in [-0.39, 0.29) is 12.8 Å². The van der Waals surface area contributed by atoms with Gasteiger partial charge in [-0.1, -0.05) is 30.3 Å². The molecule has 25 heavy (non-hydrogen) atoms. The molecule has 1 aromatic carbocycles. The van der Waals surface area contributed by atoms with Gasteiger partial charge in [0.2, 0.25) is 0 Å². The molecule has 0 aliphatic rings. The number of carbonyl (C=O) groups excluding carboxylic acids is 2. The van der Waals surface area contributed by atoms with E-state index in [0.29, 0.717) is 5.56 Å². The molecule has 0 bridgehead atoms. The standard InChI is InChI=1S/C16H20N2O7/c17-10(6-7-12(19)20)14(23)15(9-4-2-1-3-5-9)25-16(24)11(18)8-13(21)22/h1-5,10-11,15H,6-8,17-18H2,(H,19,20)(H,21,22)/t10-,11-,15?/m0/s1. The lowest BCUT2D eigenvalue weighted by molar-refractivity contribution is -0.159. The lowest BCUT2D eigenvalue weighted by Gasteiger charge is -2.22. The molecule has 0 saturated carbocycles. The molecular formula is C16H20N2O7. The monoisotopic (exact) mass is 352 g/mol. The highest BCUT2D eigenvalue weighted by Gasteiger charge is 2.31. The predicted octanol–water partition coefficient (Wildman–Crippen LogP) is -0.166. The van der Waals surface area contributed by atoms with Gasteiger partial charge in [-0.2, -0.15) is 0 Å². The van der Waals surface area contributed by atoms with E-state index in [0.717, 1.165) is 0 Å². The summed E-state index contributed by atoms with van der Waals surface area (Å²) < 4.78 is 5.08. The molecule has 0 spiro atoms. The molecule has 6 N–H and O–H groups in total. The molecule has 0 heterocycles. The van der Waals surface area contributed by atoms with Gasteiger partial charge in [0.25, 0.3) is 0 Å². The predicted molar refractivity (Wildman–Crippen MR) is 85.4 cm³/mol. The summed E-state index contributed by atoms with van der Waals surface area (Å²) in [7, 11) is 0. The second kappa shape index (κ2) is 9.50. The van der Waals surface area contributed by atoms with Crippen LogP contribution in [0.3, 0.4) is 0 Å². The van der Waals surface area contributed by atoms with Gasteiger partial charge in [-0.3, -0.25) is 19.2 Å². The van der Waals surface area contributed by atoms with Crippen molar-refractivity contribution < 1.29 is 34.1 Å². The van der Waals surface area contributed by atoms with E-state index < -0.39 is 48.3 Å². The molecule has 9 nitrogen and oxygen atoms in total. The summed E-state index contributed by atoms with van der Waals surface area (Å²) in [5.41, 5.74) is 11.5. The SMILES string of the molecule is N[C@@H](CC(=O)O)C(=O)OC(C(=O)[C@@H](N)CCC(=O)O)c1ccccc1. The fourth-order valence-corrected chi connectivity index (χ4v) is 2.01. The Morgan fingerprint density at radius 3 is 2.08 bits per heavy atom. The molecule has 3 atom stereocenters. The first-order valence-corrected chi connectivity index (χ1v) is 7.46. The summed E-state index contributed by atoms with van der Waals surface area (Å²) >= 11 is 0. The largest absolute Gasteiger partial charge is 0.481 e. The number of carboxylic acids is 2. The third kappa shape index (κ3) is 6.69. The fourth-order valence-electron chi connectivity index (χ4n) is 2.01. The van der Waals surface area contributed by atoms with Gasteiger partial charge in [-0.25, -0.2) is 0 Å². The molecule has 0 fully saturated rings. The Morgan fingerprint density at radius 1 is 0.960 bits per heavy atom. The molecule has 1 rings (SSSR count). The highest BCUT2D eigenvalue weighted by Crippen LogP contribution is 2.21. The van der Waals surface area contributed by atoms with Gasteiger partial charge in [0, 0.05) is 12.0 Å². The van der Waals surface area contributed by atoms with Crippen molar-refractivity contribution in [2.24, 2.45) is 11.5 Å². The van der Waals surface area contributed by atoms with Crippen LogP contribution in [0.15, 0.2) is 30.3 Å². The minimum Gasteiger partial charge on any atom is -0.481 e. The number of rotatable bonds is 10. The number of carbonyl (C=O) groups is 4. The van der Waals surface area contributed by atoms with Crippen LogP contribution in [-0.4, -0.2) is 46.0 Å². The van der Waals surface area contributed by atoms with Crippen molar-refractivity contribution in [2.75, 3.05) is 0 Å². The molecule has 0 aliphatic heterocycles. The minimum absolute atomic E-state index is 0.129. The van der Waals surface area contributed by atoms with E-state index in [4.69, 9.17) is 26.4 Å². The van der Waals surface area contributed by atoms with Crippen molar-refractivity contribution in [1.82, 2.24) is 0 Å². The molecule has 0 aliphatic carbocycles. The number of hydrogen-bond donors (Lipinski definition) is 4. The second-order valence-electron chi connectivity index (χ2n) is 5.37. The van der Waals surface area contributed by atoms with Crippen LogP contribution in [0.1, 0.15) is 30.9 Å².